The van der Waals surface area contributed by atoms with Gasteiger partial charge in [-0.25, -0.2) is 0 Å². The minimum absolute atomic E-state index is 0.0358. The molecule has 76 valence electrons. The van der Waals surface area contributed by atoms with E-state index in [4.69, 9.17) is 0 Å². The van der Waals surface area contributed by atoms with Gasteiger partial charge in [0, 0.05) is 0 Å². The van der Waals surface area contributed by atoms with Gasteiger partial charge < -0.3 is 8.46 Å². The van der Waals surface area contributed by atoms with Gasteiger partial charge in [0.05, 0.1) is 20.8 Å². The second kappa shape index (κ2) is 4.39. The summed E-state index contributed by atoms with van der Waals surface area (Å²) in [5.41, 5.74) is 0. The summed E-state index contributed by atoms with van der Waals surface area (Å²) in [5.74, 6) is 0. The van der Waals surface area contributed by atoms with Crippen molar-refractivity contribution in [2.75, 3.05) is 0 Å². The lowest BCUT2D eigenvalue weighted by atomic mass is 9.94. The summed E-state index contributed by atoms with van der Waals surface area (Å²) in [5, 5.41) is 0. The first-order chi connectivity index (χ1) is 6.27. The summed E-state index contributed by atoms with van der Waals surface area (Å²) in [4.78, 5) is 0. The van der Waals surface area contributed by atoms with Crippen molar-refractivity contribution in [1.82, 2.24) is 8.46 Å². The van der Waals surface area contributed by atoms with Crippen molar-refractivity contribution in [2.45, 2.75) is 50.6 Å². The van der Waals surface area contributed by atoms with Crippen molar-refractivity contribution in [3.05, 3.63) is 0 Å². The van der Waals surface area contributed by atoms with Gasteiger partial charge in [-0.1, -0.05) is 12.8 Å². The van der Waals surface area contributed by atoms with E-state index in [0.29, 0.717) is 0 Å². The molecule has 0 heterocycles. The Balaban J connectivity index is 1.69. The molecule has 0 aromatic rings. The smallest absolute Gasteiger partial charge is 0.158 e. The molecule has 2 fully saturated rings. The molecule has 0 spiro atoms. The Morgan fingerprint density at radius 1 is 0.846 bits per heavy atom. The normalized spacial score (nSPS) is 26.3. The monoisotopic (exact) mass is 230 g/mol. The van der Waals surface area contributed by atoms with Gasteiger partial charge in [-0.05, 0) is 37.8 Å². The summed E-state index contributed by atoms with van der Waals surface area (Å²) in [7, 11) is 2.70. The van der Waals surface area contributed by atoms with E-state index in [-0.39, 0.29) is 9.84 Å². The van der Waals surface area contributed by atoms with Gasteiger partial charge in [0.2, 0.25) is 0 Å². The molecule has 2 nitrogen and oxygen atoms in total. The summed E-state index contributed by atoms with van der Waals surface area (Å²) in [6.07, 6.45) is 9.05. The van der Waals surface area contributed by atoms with Crippen LogP contribution >= 0.6 is 0 Å². The third-order valence-corrected chi connectivity index (χ3v) is 8.92. The Morgan fingerprint density at radius 2 is 1.23 bits per heavy atom. The van der Waals surface area contributed by atoms with Crippen LogP contribution in [0.5, 0.6) is 0 Å². The fourth-order valence-corrected chi connectivity index (χ4v) is 9.54. The second-order valence-corrected chi connectivity index (χ2v) is 11.9. The van der Waals surface area contributed by atoms with Gasteiger partial charge in [0.1, 0.15) is 0 Å². The topological polar surface area (TPSA) is 6.48 Å². The summed E-state index contributed by atoms with van der Waals surface area (Å²) in [6.45, 7) is 0. The minimum atomic E-state index is 0.0358. The first-order valence-electron chi connectivity index (χ1n) is 5.68. The standard InChI is InChI=1S/C8H22N2Si3/c11-9(7-3-1-4-7)13-10(12)8-5-2-6-8/h7-8H,1-6,13H2,11-12H3. The maximum Gasteiger partial charge on any atom is 0.158 e. The lowest BCUT2D eigenvalue weighted by molar-refractivity contribution is 0.268. The number of rotatable bonds is 4. The van der Waals surface area contributed by atoms with Crippen LogP contribution in [0.15, 0.2) is 0 Å². The summed E-state index contributed by atoms with van der Waals surface area (Å²) in [6, 6.07) is 2.07. The highest BCUT2D eigenvalue weighted by molar-refractivity contribution is 6.46. The Labute approximate surface area is 90.0 Å². The van der Waals surface area contributed by atoms with E-state index in [2.05, 4.69) is 8.46 Å². The summed E-state index contributed by atoms with van der Waals surface area (Å²) < 4.78 is 5.68. The molecule has 13 heavy (non-hydrogen) atoms. The molecule has 2 saturated carbocycles. The third kappa shape index (κ3) is 2.33. The number of nitrogens with zero attached hydrogens (tertiary/aromatic N) is 2. The molecular formula is C8H22N2Si3. The van der Waals surface area contributed by atoms with Crippen LogP contribution in [-0.4, -0.2) is 51.2 Å². The molecule has 2 aliphatic carbocycles. The zero-order valence-corrected chi connectivity index (χ0v) is 14.4. The number of hydrogen-bond acceptors (Lipinski definition) is 2. The van der Waals surface area contributed by atoms with Gasteiger partial charge in [0.25, 0.3) is 0 Å². The average Bonchev–Trinajstić information content (AvgIpc) is 1.76. The zero-order chi connectivity index (χ0) is 9.26. The van der Waals surface area contributed by atoms with E-state index in [1.165, 1.54) is 59.3 Å². The SMILES string of the molecule is [SiH3]N([SiH2]N([SiH3])C1CCC1)C1CCC1. The van der Waals surface area contributed by atoms with Crippen molar-refractivity contribution in [2.24, 2.45) is 0 Å². The van der Waals surface area contributed by atoms with Crippen LogP contribution < -0.4 is 0 Å². The minimum Gasteiger partial charge on any atom is -0.344 e. The van der Waals surface area contributed by atoms with Crippen LogP contribution in [0.3, 0.4) is 0 Å². The first-order valence-corrected chi connectivity index (χ1v) is 8.73. The van der Waals surface area contributed by atoms with Gasteiger partial charge in [-0.15, -0.1) is 0 Å². The molecule has 2 rings (SSSR count). The van der Waals surface area contributed by atoms with E-state index in [9.17, 15) is 0 Å². The zero-order valence-electron chi connectivity index (χ0n) is 9.00. The molecule has 0 N–H and O–H groups in total. The maximum absolute atomic E-state index is 2.84. The Bertz CT molecular complexity index is 153. The van der Waals surface area contributed by atoms with Crippen LogP contribution in [0.1, 0.15) is 38.5 Å². The van der Waals surface area contributed by atoms with Crippen molar-refractivity contribution in [1.29, 1.82) is 0 Å². The van der Waals surface area contributed by atoms with E-state index in [0.717, 1.165) is 12.1 Å². The van der Waals surface area contributed by atoms with E-state index in [1.54, 1.807) is 0 Å². The third-order valence-electron chi connectivity index (χ3n) is 3.84. The average molecular weight is 231 g/mol. The van der Waals surface area contributed by atoms with Crippen molar-refractivity contribution in [3.63, 3.8) is 0 Å². The Kier molecular flexibility index (Phi) is 3.41. The number of hydrogen-bond donors (Lipinski definition) is 0. The lowest BCUT2D eigenvalue weighted by Gasteiger charge is -2.42. The van der Waals surface area contributed by atoms with E-state index in [1.807, 2.05) is 0 Å². The Morgan fingerprint density at radius 3 is 1.46 bits per heavy atom. The predicted octanol–water partition coefficient (Wildman–Crippen LogP) is -1.74. The predicted molar refractivity (Wildman–Crippen MR) is 67.4 cm³/mol. The van der Waals surface area contributed by atoms with Gasteiger partial charge >= 0.3 is 0 Å². The molecule has 5 heteroatoms. The van der Waals surface area contributed by atoms with Crippen LogP contribution in [0.25, 0.3) is 0 Å². The van der Waals surface area contributed by atoms with Gasteiger partial charge in [0.15, 0.2) is 9.84 Å². The molecule has 0 aliphatic heterocycles. The molecule has 0 bridgehead atoms. The molecule has 0 atom stereocenters. The molecule has 0 radical (unpaired) electrons. The molecule has 0 amide bonds. The van der Waals surface area contributed by atoms with Crippen LogP contribution in [0.2, 0.25) is 0 Å². The van der Waals surface area contributed by atoms with Crippen LogP contribution in [-0.2, 0) is 0 Å². The first kappa shape index (κ1) is 10.1. The van der Waals surface area contributed by atoms with E-state index < -0.39 is 0 Å². The quantitative estimate of drug-likeness (QED) is 0.529. The fraction of sp³-hybridized carbons (Fsp3) is 1.00. The van der Waals surface area contributed by atoms with Gasteiger partial charge in [-0.3, -0.25) is 0 Å². The Hall–Kier alpha value is 0.571. The molecule has 0 aromatic carbocycles. The van der Waals surface area contributed by atoms with Crippen molar-refractivity contribution in [3.8, 4) is 0 Å². The van der Waals surface area contributed by atoms with Crippen molar-refractivity contribution >= 4 is 30.7 Å². The maximum atomic E-state index is 2.84. The van der Waals surface area contributed by atoms with Crippen LogP contribution in [0.4, 0.5) is 0 Å². The fourth-order valence-electron chi connectivity index (χ4n) is 2.24. The van der Waals surface area contributed by atoms with Crippen LogP contribution in [0, 0.1) is 0 Å². The molecular weight excluding hydrogens is 208 g/mol. The molecule has 0 saturated heterocycles. The highest BCUT2D eigenvalue weighted by Gasteiger charge is 2.26. The molecule has 0 unspecified atom stereocenters. The largest absolute Gasteiger partial charge is 0.344 e. The highest BCUT2D eigenvalue weighted by atomic mass is 28.3. The van der Waals surface area contributed by atoms with Crippen molar-refractivity contribution < 1.29 is 0 Å². The summed E-state index contributed by atoms with van der Waals surface area (Å²) >= 11 is 0. The highest BCUT2D eigenvalue weighted by Crippen LogP contribution is 2.25. The molecule has 2 aliphatic rings. The lowest BCUT2D eigenvalue weighted by Crippen LogP contribution is -2.51. The van der Waals surface area contributed by atoms with Gasteiger partial charge in [-0.2, -0.15) is 0 Å². The second-order valence-electron chi connectivity index (χ2n) is 4.82. The van der Waals surface area contributed by atoms with E-state index >= 15 is 0 Å². The molecule has 0 aromatic heterocycles.